The molecule has 174 valence electrons. The van der Waals surface area contributed by atoms with Crippen molar-refractivity contribution in [2.45, 2.75) is 19.9 Å². The molecule has 2 aromatic rings. The van der Waals surface area contributed by atoms with Gasteiger partial charge in [-0.05, 0) is 31.5 Å². The van der Waals surface area contributed by atoms with Crippen LogP contribution in [-0.2, 0) is 9.53 Å². The van der Waals surface area contributed by atoms with Crippen LogP contribution >= 0.6 is 11.6 Å². The third-order valence-corrected chi connectivity index (χ3v) is 6.33. The quantitative estimate of drug-likeness (QED) is 0.633. The van der Waals surface area contributed by atoms with Gasteiger partial charge in [-0.1, -0.05) is 53.6 Å². The first-order valence-electron chi connectivity index (χ1n) is 11.2. The molecular formula is C25H29ClN4O3. The minimum absolute atomic E-state index is 0.265. The van der Waals surface area contributed by atoms with Crippen LogP contribution in [0.25, 0.3) is 0 Å². The minimum atomic E-state index is -0.558. The highest BCUT2D eigenvalue weighted by atomic mass is 35.5. The predicted molar refractivity (Wildman–Crippen MR) is 129 cm³/mol. The Kier molecular flexibility index (Phi) is 7.20. The molecule has 1 fully saturated rings. The van der Waals surface area contributed by atoms with Crippen LogP contribution in [0.3, 0.4) is 0 Å². The largest absolute Gasteiger partial charge is 0.463 e. The molecule has 2 aliphatic rings. The molecule has 2 heterocycles. The Morgan fingerprint density at radius 3 is 2.45 bits per heavy atom. The monoisotopic (exact) mass is 468 g/mol. The molecule has 0 saturated carbocycles. The van der Waals surface area contributed by atoms with Crippen LogP contribution in [0, 0.1) is 6.92 Å². The molecule has 1 atom stereocenters. The van der Waals surface area contributed by atoms with Gasteiger partial charge in [-0.15, -0.1) is 0 Å². The maximum absolute atomic E-state index is 13.0. The number of esters is 1. The van der Waals surface area contributed by atoms with E-state index in [2.05, 4.69) is 20.4 Å². The Labute approximate surface area is 199 Å². The highest BCUT2D eigenvalue weighted by molar-refractivity contribution is 6.33. The van der Waals surface area contributed by atoms with Crippen LogP contribution in [0.1, 0.15) is 24.1 Å². The number of ether oxygens (including phenoxy) is 1. The number of urea groups is 1. The van der Waals surface area contributed by atoms with E-state index in [-0.39, 0.29) is 12.6 Å². The fourth-order valence-electron chi connectivity index (χ4n) is 4.28. The Morgan fingerprint density at radius 1 is 1.09 bits per heavy atom. The number of amides is 2. The number of halogens is 1. The molecule has 1 saturated heterocycles. The van der Waals surface area contributed by atoms with Crippen molar-refractivity contribution in [1.82, 2.24) is 15.5 Å². The van der Waals surface area contributed by atoms with Crippen molar-refractivity contribution in [3.63, 3.8) is 0 Å². The summed E-state index contributed by atoms with van der Waals surface area (Å²) in [6.07, 6.45) is 0. The fourth-order valence-corrected chi connectivity index (χ4v) is 4.54. The van der Waals surface area contributed by atoms with Crippen LogP contribution in [0.5, 0.6) is 0 Å². The van der Waals surface area contributed by atoms with E-state index in [0.717, 1.165) is 48.0 Å². The summed E-state index contributed by atoms with van der Waals surface area (Å²) in [5.74, 6) is -0.416. The lowest BCUT2D eigenvalue weighted by Gasteiger charge is -2.38. The second kappa shape index (κ2) is 10.3. The third-order valence-electron chi connectivity index (χ3n) is 6.01. The van der Waals surface area contributed by atoms with E-state index >= 15 is 0 Å². The normalized spacial score (nSPS) is 19.2. The van der Waals surface area contributed by atoms with Crippen molar-refractivity contribution in [3.8, 4) is 0 Å². The van der Waals surface area contributed by atoms with Crippen molar-refractivity contribution in [2.24, 2.45) is 0 Å². The number of rotatable bonds is 6. The molecular weight excluding hydrogens is 440 g/mol. The topological polar surface area (TPSA) is 73.9 Å². The van der Waals surface area contributed by atoms with Crippen LogP contribution < -0.4 is 15.5 Å². The van der Waals surface area contributed by atoms with Gasteiger partial charge >= 0.3 is 12.0 Å². The zero-order chi connectivity index (χ0) is 23.4. The van der Waals surface area contributed by atoms with Crippen LogP contribution in [-0.4, -0.2) is 56.2 Å². The number of hydrogen-bond acceptors (Lipinski definition) is 5. The molecule has 8 heteroatoms. The summed E-state index contributed by atoms with van der Waals surface area (Å²) in [4.78, 5) is 30.0. The molecule has 1 unspecified atom stereocenters. The number of para-hydroxylation sites is 1. The molecule has 4 rings (SSSR count). The highest BCUT2D eigenvalue weighted by Crippen LogP contribution is 2.29. The number of nitrogens with one attached hydrogen (secondary N) is 2. The van der Waals surface area contributed by atoms with Gasteiger partial charge < -0.3 is 20.3 Å². The lowest BCUT2D eigenvalue weighted by Crippen LogP contribution is -2.51. The van der Waals surface area contributed by atoms with E-state index in [9.17, 15) is 9.59 Å². The number of anilines is 1. The molecule has 2 amide bonds. The number of aryl methyl sites for hydroxylation is 1. The van der Waals surface area contributed by atoms with Gasteiger partial charge in [-0.3, -0.25) is 4.90 Å². The van der Waals surface area contributed by atoms with E-state index in [1.165, 1.54) is 0 Å². The van der Waals surface area contributed by atoms with E-state index < -0.39 is 12.0 Å². The first-order chi connectivity index (χ1) is 16.0. The van der Waals surface area contributed by atoms with Crippen molar-refractivity contribution in [3.05, 3.63) is 76.0 Å². The zero-order valence-electron chi connectivity index (χ0n) is 18.9. The second-order valence-corrected chi connectivity index (χ2v) is 8.68. The molecule has 2 aliphatic heterocycles. The van der Waals surface area contributed by atoms with E-state index in [0.29, 0.717) is 17.8 Å². The van der Waals surface area contributed by atoms with Gasteiger partial charge in [0.25, 0.3) is 0 Å². The SMILES string of the molecule is CCOC(=O)C1=C(CN2CCN(c3ccccc3Cl)CC2)NC(=O)NC1c1ccc(C)cc1. The van der Waals surface area contributed by atoms with Gasteiger partial charge in [0.15, 0.2) is 0 Å². The Bertz CT molecular complexity index is 1050. The van der Waals surface area contributed by atoms with Gasteiger partial charge in [0.2, 0.25) is 0 Å². The van der Waals surface area contributed by atoms with Gasteiger partial charge in [0.1, 0.15) is 0 Å². The smallest absolute Gasteiger partial charge is 0.338 e. The third kappa shape index (κ3) is 5.31. The Morgan fingerprint density at radius 2 is 1.79 bits per heavy atom. The van der Waals surface area contributed by atoms with Crippen LogP contribution in [0.2, 0.25) is 5.02 Å². The molecule has 0 aliphatic carbocycles. The summed E-state index contributed by atoms with van der Waals surface area (Å²) < 4.78 is 5.37. The summed E-state index contributed by atoms with van der Waals surface area (Å²) in [5.41, 5.74) is 4.03. The van der Waals surface area contributed by atoms with Crippen LogP contribution in [0.15, 0.2) is 59.8 Å². The maximum Gasteiger partial charge on any atom is 0.338 e. The average molecular weight is 469 g/mol. The molecule has 0 bridgehead atoms. The summed E-state index contributed by atoms with van der Waals surface area (Å²) >= 11 is 6.36. The number of carbonyl (C=O) groups excluding carboxylic acids is 2. The first kappa shape index (κ1) is 23.1. The van der Waals surface area contributed by atoms with E-state index in [1.54, 1.807) is 6.92 Å². The van der Waals surface area contributed by atoms with E-state index in [1.807, 2.05) is 55.5 Å². The van der Waals surface area contributed by atoms with Crippen molar-refractivity contribution in [1.29, 1.82) is 0 Å². The van der Waals surface area contributed by atoms with Crippen molar-refractivity contribution in [2.75, 3.05) is 44.2 Å². The van der Waals surface area contributed by atoms with Crippen LogP contribution in [0.4, 0.5) is 10.5 Å². The molecule has 7 nitrogen and oxygen atoms in total. The lowest BCUT2D eigenvalue weighted by atomic mass is 9.94. The van der Waals surface area contributed by atoms with Gasteiger partial charge in [-0.25, -0.2) is 9.59 Å². The standard InChI is InChI=1S/C25H29ClN4O3/c1-3-33-24(31)22-20(27-25(32)28-23(22)18-10-8-17(2)9-11-18)16-29-12-14-30(15-13-29)21-7-5-4-6-19(21)26/h4-11,23H,3,12-16H2,1-2H3,(H2,27,28,32). The number of piperazine rings is 1. The number of benzene rings is 2. The number of carbonyl (C=O) groups is 2. The average Bonchev–Trinajstić information content (AvgIpc) is 2.80. The van der Waals surface area contributed by atoms with Gasteiger partial charge in [0, 0.05) is 38.4 Å². The summed E-state index contributed by atoms with van der Waals surface area (Å²) in [7, 11) is 0. The maximum atomic E-state index is 13.0. The molecule has 0 radical (unpaired) electrons. The number of hydrogen-bond donors (Lipinski definition) is 2. The fraction of sp³-hybridized carbons (Fsp3) is 0.360. The molecule has 2 aromatic carbocycles. The molecule has 0 aromatic heterocycles. The van der Waals surface area contributed by atoms with Gasteiger partial charge in [-0.2, -0.15) is 0 Å². The molecule has 2 N–H and O–H groups in total. The lowest BCUT2D eigenvalue weighted by molar-refractivity contribution is -0.139. The Balaban J connectivity index is 1.56. The van der Waals surface area contributed by atoms with Gasteiger partial charge in [0.05, 0.1) is 28.9 Å². The molecule has 33 heavy (non-hydrogen) atoms. The predicted octanol–water partition coefficient (Wildman–Crippen LogP) is 3.64. The summed E-state index contributed by atoms with van der Waals surface area (Å²) in [5, 5.41) is 6.50. The summed E-state index contributed by atoms with van der Waals surface area (Å²) in [6, 6.07) is 14.8. The highest BCUT2D eigenvalue weighted by Gasteiger charge is 2.34. The summed E-state index contributed by atoms with van der Waals surface area (Å²) in [6.45, 7) is 7.68. The number of nitrogens with zero attached hydrogens (tertiary/aromatic N) is 2. The van der Waals surface area contributed by atoms with E-state index in [4.69, 9.17) is 16.3 Å². The first-order valence-corrected chi connectivity index (χ1v) is 11.6. The van der Waals surface area contributed by atoms with Crippen molar-refractivity contribution < 1.29 is 14.3 Å². The van der Waals surface area contributed by atoms with Crippen molar-refractivity contribution >= 4 is 29.3 Å². The second-order valence-electron chi connectivity index (χ2n) is 8.27. The zero-order valence-corrected chi connectivity index (χ0v) is 19.7. The molecule has 0 spiro atoms. The minimum Gasteiger partial charge on any atom is -0.463 e. The Hall–Kier alpha value is -3.03.